The molecule has 0 radical (unpaired) electrons. The summed E-state index contributed by atoms with van der Waals surface area (Å²) in [4.78, 5) is 14.5. The fourth-order valence-electron chi connectivity index (χ4n) is 7.56. The van der Waals surface area contributed by atoms with Gasteiger partial charge in [0.2, 0.25) is 5.91 Å². The van der Waals surface area contributed by atoms with Crippen molar-refractivity contribution < 1.29 is 15.0 Å². The Morgan fingerprint density at radius 2 is 1.88 bits per heavy atom. The minimum absolute atomic E-state index is 0.0204. The molecule has 3 fully saturated rings. The van der Waals surface area contributed by atoms with Gasteiger partial charge in [-0.1, -0.05) is 25.5 Å². The van der Waals surface area contributed by atoms with Gasteiger partial charge in [-0.2, -0.15) is 0 Å². The first-order chi connectivity index (χ1) is 12.2. The molecule has 2 N–H and O–H groups in total. The van der Waals surface area contributed by atoms with Crippen LogP contribution in [0.1, 0.15) is 58.8 Å². The van der Waals surface area contributed by atoms with E-state index in [1.165, 1.54) is 5.57 Å². The Hall–Kier alpha value is -0.870. The number of rotatable bonds is 1. The number of fused-ring (bicyclic) bond motifs is 5. The Kier molecular flexibility index (Phi) is 4.31. The summed E-state index contributed by atoms with van der Waals surface area (Å²) in [6.45, 7) is 4.60. The minimum Gasteiger partial charge on any atom is -0.393 e. The first-order valence-corrected chi connectivity index (χ1v) is 10.5. The number of hydrogen-bond donors (Lipinski definition) is 2. The van der Waals surface area contributed by atoms with Crippen molar-refractivity contribution in [2.24, 2.45) is 34.5 Å². The predicted octanol–water partition coefficient (Wildman–Crippen LogP) is 2.99. The molecule has 5 unspecified atom stereocenters. The third kappa shape index (κ3) is 2.44. The van der Waals surface area contributed by atoms with Crippen molar-refractivity contribution in [2.75, 3.05) is 14.1 Å². The monoisotopic (exact) mass is 361 g/mol. The summed E-state index contributed by atoms with van der Waals surface area (Å²) >= 11 is 0. The Labute approximate surface area is 157 Å². The lowest BCUT2D eigenvalue weighted by Gasteiger charge is -2.60. The van der Waals surface area contributed by atoms with Gasteiger partial charge in [0.15, 0.2) is 0 Å². The average molecular weight is 362 g/mol. The number of amides is 1. The van der Waals surface area contributed by atoms with Crippen LogP contribution >= 0.6 is 0 Å². The fourth-order valence-corrected chi connectivity index (χ4v) is 7.56. The van der Waals surface area contributed by atoms with E-state index in [0.717, 1.165) is 44.9 Å². The zero-order chi connectivity index (χ0) is 18.9. The molecule has 0 aromatic heterocycles. The van der Waals surface area contributed by atoms with Gasteiger partial charge in [-0.3, -0.25) is 4.79 Å². The summed E-state index contributed by atoms with van der Waals surface area (Å²) in [6.07, 6.45) is 8.16. The van der Waals surface area contributed by atoms with Crippen molar-refractivity contribution >= 4 is 5.91 Å². The molecule has 8 atom stereocenters. The maximum Gasteiger partial charge on any atom is 0.225 e. The van der Waals surface area contributed by atoms with Gasteiger partial charge in [-0.15, -0.1) is 0 Å². The zero-order valence-corrected chi connectivity index (χ0v) is 16.7. The standard InChI is InChI=1S/C22H35NO3/c1-21-10-9-14(24)11-13(21)5-6-15-16-7-8-17(20(26)23(3)4)22(16,2)12-18(25)19(15)21/h11,14-19,24-25H,5-10,12H2,1-4H3/t14-,15-,16?,17?,18-,19?,21?,22?/m0/s1. The Bertz CT molecular complexity index is 629. The Balaban J connectivity index is 1.68. The predicted molar refractivity (Wildman–Crippen MR) is 101 cm³/mol. The number of nitrogens with zero attached hydrogens (tertiary/aromatic N) is 1. The van der Waals surface area contributed by atoms with Crippen LogP contribution in [-0.2, 0) is 4.79 Å². The molecule has 0 saturated heterocycles. The fraction of sp³-hybridized carbons (Fsp3) is 0.864. The van der Waals surface area contributed by atoms with Crippen LogP contribution < -0.4 is 0 Å². The molecule has 1 amide bonds. The van der Waals surface area contributed by atoms with E-state index in [4.69, 9.17) is 0 Å². The normalized spacial score (nSPS) is 50.3. The molecule has 4 aliphatic rings. The largest absolute Gasteiger partial charge is 0.393 e. The van der Waals surface area contributed by atoms with Crippen molar-refractivity contribution in [2.45, 2.75) is 71.0 Å². The highest BCUT2D eigenvalue weighted by Crippen LogP contribution is 2.66. The van der Waals surface area contributed by atoms with Crippen LogP contribution in [0, 0.1) is 34.5 Å². The van der Waals surface area contributed by atoms with Crippen LogP contribution in [0.4, 0.5) is 0 Å². The molecular weight excluding hydrogens is 326 g/mol. The second-order valence-corrected chi connectivity index (χ2v) is 10.2. The van der Waals surface area contributed by atoms with Crippen LogP contribution in [0.25, 0.3) is 0 Å². The van der Waals surface area contributed by atoms with E-state index >= 15 is 0 Å². The first kappa shape index (κ1) is 18.5. The van der Waals surface area contributed by atoms with Gasteiger partial charge in [0.25, 0.3) is 0 Å². The number of aliphatic hydroxyl groups is 2. The van der Waals surface area contributed by atoms with Crippen molar-refractivity contribution in [3.63, 3.8) is 0 Å². The smallest absolute Gasteiger partial charge is 0.225 e. The summed E-state index contributed by atoms with van der Waals surface area (Å²) in [5.41, 5.74) is 1.32. The number of allylic oxidation sites excluding steroid dienone is 1. The SMILES string of the molecule is CN(C)C(=O)C1CCC2[C@@H]3CCC4=C[C@@H](O)CCC4(C)C3[C@@H](O)CC12C. The van der Waals surface area contributed by atoms with E-state index in [-0.39, 0.29) is 40.8 Å². The van der Waals surface area contributed by atoms with Crippen molar-refractivity contribution in [1.82, 2.24) is 4.90 Å². The second kappa shape index (κ2) is 6.07. The summed E-state index contributed by atoms with van der Waals surface area (Å²) in [5, 5.41) is 21.4. The van der Waals surface area contributed by atoms with E-state index < -0.39 is 0 Å². The molecule has 4 nitrogen and oxygen atoms in total. The third-order valence-electron chi connectivity index (χ3n) is 8.76. The van der Waals surface area contributed by atoms with E-state index in [2.05, 4.69) is 19.9 Å². The van der Waals surface area contributed by atoms with Crippen LogP contribution in [0.2, 0.25) is 0 Å². The van der Waals surface area contributed by atoms with E-state index in [1.54, 1.807) is 4.90 Å². The highest BCUT2D eigenvalue weighted by atomic mass is 16.3. The molecule has 0 aromatic rings. The van der Waals surface area contributed by atoms with Crippen molar-refractivity contribution in [3.8, 4) is 0 Å². The maximum atomic E-state index is 12.8. The Morgan fingerprint density at radius 3 is 2.58 bits per heavy atom. The number of carbonyl (C=O) groups excluding carboxylic acids is 1. The molecule has 26 heavy (non-hydrogen) atoms. The van der Waals surface area contributed by atoms with Crippen molar-refractivity contribution in [1.29, 1.82) is 0 Å². The lowest BCUT2D eigenvalue weighted by molar-refractivity contribution is -0.151. The van der Waals surface area contributed by atoms with E-state index in [1.807, 2.05) is 14.1 Å². The summed E-state index contributed by atoms with van der Waals surface area (Å²) in [5.74, 6) is 1.61. The van der Waals surface area contributed by atoms with Crippen LogP contribution in [-0.4, -0.2) is 47.3 Å². The molecule has 0 aromatic carbocycles. The minimum atomic E-state index is -0.347. The van der Waals surface area contributed by atoms with Gasteiger partial charge in [0, 0.05) is 20.0 Å². The first-order valence-electron chi connectivity index (χ1n) is 10.5. The molecule has 146 valence electrons. The summed E-state index contributed by atoms with van der Waals surface area (Å²) < 4.78 is 0. The molecule has 0 spiro atoms. The molecule has 4 aliphatic carbocycles. The molecule has 4 rings (SSSR count). The topological polar surface area (TPSA) is 60.8 Å². The van der Waals surface area contributed by atoms with Gasteiger partial charge in [-0.05, 0) is 73.5 Å². The summed E-state index contributed by atoms with van der Waals surface area (Å²) in [6, 6.07) is 0. The molecule has 0 bridgehead atoms. The number of hydrogen-bond acceptors (Lipinski definition) is 3. The van der Waals surface area contributed by atoms with Gasteiger partial charge in [0.05, 0.1) is 12.2 Å². The third-order valence-corrected chi connectivity index (χ3v) is 8.76. The molecule has 0 aliphatic heterocycles. The summed E-state index contributed by atoms with van der Waals surface area (Å²) in [7, 11) is 3.71. The van der Waals surface area contributed by atoms with Gasteiger partial charge in [-0.25, -0.2) is 0 Å². The second-order valence-electron chi connectivity index (χ2n) is 10.2. The van der Waals surface area contributed by atoms with E-state index in [0.29, 0.717) is 11.8 Å². The van der Waals surface area contributed by atoms with Crippen molar-refractivity contribution in [3.05, 3.63) is 11.6 Å². The van der Waals surface area contributed by atoms with Crippen LogP contribution in [0.15, 0.2) is 11.6 Å². The van der Waals surface area contributed by atoms with E-state index in [9.17, 15) is 15.0 Å². The van der Waals surface area contributed by atoms with Gasteiger partial charge >= 0.3 is 0 Å². The Morgan fingerprint density at radius 1 is 1.15 bits per heavy atom. The molecule has 0 heterocycles. The van der Waals surface area contributed by atoms with Gasteiger partial charge < -0.3 is 15.1 Å². The lowest BCUT2D eigenvalue weighted by Crippen LogP contribution is -2.57. The number of carbonyl (C=O) groups is 1. The lowest BCUT2D eigenvalue weighted by atomic mass is 9.46. The van der Waals surface area contributed by atoms with Crippen LogP contribution in [0.5, 0.6) is 0 Å². The highest BCUT2D eigenvalue weighted by Gasteiger charge is 2.63. The maximum absolute atomic E-state index is 12.8. The molecule has 3 saturated carbocycles. The van der Waals surface area contributed by atoms with Crippen LogP contribution in [0.3, 0.4) is 0 Å². The number of aliphatic hydroxyl groups excluding tert-OH is 2. The molecular formula is C22H35NO3. The van der Waals surface area contributed by atoms with Gasteiger partial charge in [0.1, 0.15) is 0 Å². The zero-order valence-electron chi connectivity index (χ0n) is 16.7. The quantitative estimate of drug-likeness (QED) is 0.706. The molecule has 4 heteroatoms. The highest BCUT2D eigenvalue weighted by molar-refractivity contribution is 5.79. The average Bonchev–Trinajstić information content (AvgIpc) is 2.90.